The van der Waals surface area contributed by atoms with Crippen molar-refractivity contribution >= 4 is 40.1 Å². The second-order valence-electron chi connectivity index (χ2n) is 11.2. The van der Waals surface area contributed by atoms with Gasteiger partial charge in [-0.25, -0.2) is 5.43 Å². The highest BCUT2D eigenvalue weighted by molar-refractivity contribution is 7.80. The van der Waals surface area contributed by atoms with Crippen molar-refractivity contribution in [3.63, 3.8) is 0 Å². The van der Waals surface area contributed by atoms with Crippen LogP contribution in [0.3, 0.4) is 0 Å². The molecule has 1 aliphatic rings. The molecule has 44 heavy (non-hydrogen) atoms. The van der Waals surface area contributed by atoms with Crippen LogP contribution in [0.1, 0.15) is 28.3 Å². The van der Waals surface area contributed by atoms with Gasteiger partial charge in [0.1, 0.15) is 0 Å². The molecule has 1 N–H and O–H groups in total. The molecule has 1 aromatic heterocycles. The van der Waals surface area contributed by atoms with Gasteiger partial charge in [0.05, 0.1) is 40.9 Å². The number of nitriles is 1. The van der Waals surface area contributed by atoms with Crippen LogP contribution in [-0.2, 0) is 6.54 Å². The predicted molar refractivity (Wildman–Crippen MR) is 182 cm³/mol. The Morgan fingerprint density at radius 1 is 0.705 bits per heavy atom. The molecule has 8 rings (SSSR count). The highest BCUT2D eigenvalue weighted by Gasteiger charge is 2.29. The van der Waals surface area contributed by atoms with Gasteiger partial charge in [0.15, 0.2) is 0 Å². The lowest BCUT2D eigenvalue weighted by Crippen LogP contribution is -2.34. The Bertz CT molecular complexity index is 2190. The van der Waals surface area contributed by atoms with E-state index in [1.807, 2.05) is 30.3 Å². The molecule has 1 atom stereocenters. The summed E-state index contributed by atoms with van der Waals surface area (Å²) in [6.07, 6.45) is 0. The molecular weight excluding hydrogens is 557 g/mol. The average molecular weight is 585 g/mol. The molecule has 1 aliphatic heterocycles. The lowest BCUT2D eigenvalue weighted by molar-refractivity contribution is 0.604. The quantitative estimate of drug-likeness (QED) is 0.198. The number of hydrogen-bond acceptors (Lipinski definition) is 4. The zero-order chi connectivity index (χ0) is 29.6. The van der Waals surface area contributed by atoms with Crippen LogP contribution in [0.2, 0.25) is 0 Å². The van der Waals surface area contributed by atoms with Gasteiger partial charge in [-0.15, -0.1) is 12.6 Å². The largest absolute Gasteiger partial charge is 0.309 e. The average Bonchev–Trinajstić information content (AvgIpc) is 3.60. The van der Waals surface area contributed by atoms with Crippen LogP contribution in [0.25, 0.3) is 38.6 Å². The number of hydrogen-bond donors (Lipinski definition) is 2. The summed E-state index contributed by atoms with van der Waals surface area (Å²) in [5, 5.41) is 13.9. The Morgan fingerprint density at radius 3 is 2.23 bits per heavy atom. The van der Waals surface area contributed by atoms with Crippen LogP contribution in [0.15, 0.2) is 144 Å². The lowest BCUT2D eigenvalue weighted by atomic mass is 9.98. The van der Waals surface area contributed by atoms with Gasteiger partial charge in [-0.2, -0.15) is 5.26 Å². The maximum Gasteiger partial charge on any atom is 0.0991 e. The first-order valence-corrected chi connectivity index (χ1v) is 15.2. The number of fused-ring (bicyclic) bond motifs is 4. The molecule has 0 bridgehead atoms. The lowest BCUT2D eigenvalue weighted by Gasteiger charge is -2.21. The third-order valence-electron chi connectivity index (χ3n) is 8.61. The molecule has 0 aliphatic carbocycles. The number of hydrazine groups is 1. The van der Waals surface area contributed by atoms with E-state index in [9.17, 15) is 5.26 Å². The van der Waals surface area contributed by atoms with Gasteiger partial charge in [-0.1, -0.05) is 91.0 Å². The Hall–Kier alpha value is -5.28. The summed E-state index contributed by atoms with van der Waals surface area (Å²) in [6, 6.07) is 51.0. The molecule has 0 radical (unpaired) electrons. The van der Waals surface area contributed by atoms with Gasteiger partial charge in [0, 0.05) is 26.9 Å². The summed E-state index contributed by atoms with van der Waals surface area (Å²) >= 11 is 4.90. The highest BCUT2D eigenvalue weighted by atomic mass is 32.1. The fourth-order valence-corrected chi connectivity index (χ4v) is 6.79. The Balaban J connectivity index is 1.15. The van der Waals surface area contributed by atoms with Crippen molar-refractivity contribution in [3.8, 4) is 22.9 Å². The van der Waals surface area contributed by atoms with E-state index in [0.29, 0.717) is 5.56 Å². The molecule has 0 spiro atoms. The SMILES string of the molecule is N#Cc1ccc(C2NN(Cc3ccc(-n4c5ccccc5c5cc(S)c(-c6ccccc6)cc54)cc3)c3ccccc32)cc1. The molecule has 0 fully saturated rings. The van der Waals surface area contributed by atoms with E-state index >= 15 is 0 Å². The number of nitrogens with zero attached hydrogens (tertiary/aromatic N) is 3. The Labute approximate surface area is 261 Å². The third kappa shape index (κ3) is 4.44. The van der Waals surface area contributed by atoms with Crippen molar-refractivity contribution in [2.45, 2.75) is 17.5 Å². The number of anilines is 1. The van der Waals surface area contributed by atoms with E-state index < -0.39 is 0 Å². The molecule has 0 amide bonds. The summed E-state index contributed by atoms with van der Waals surface area (Å²) in [7, 11) is 0. The summed E-state index contributed by atoms with van der Waals surface area (Å²) in [4.78, 5) is 0.972. The first-order valence-electron chi connectivity index (χ1n) is 14.7. The first kappa shape index (κ1) is 26.4. The van der Waals surface area contributed by atoms with Gasteiger partial charge < -0.3 is 9.58 Å². The summed E-state index contributed by atoms with van der Waals surface area (Å²) < 4.78 is 2.36. The van der Waals surface area contributed by atoms with Crippen LogP contribution in [0, 0.1) is 11.3 Å². The van der Waals surface area contributed by atoms with Gasteiger partial charge in [0.25, 0.3) is 0 Å². The molecule has 7 aromatic rings. The summed E-state index contributed by atoms with van der Waals surface area (Å²) in [5.41, 5.74) is 14.9. The predicted octanol–water partition coefficient (Wildman–Crippen LogP) is 9.23. The number of nitrogens with one attached hydrogen (secondary N) is 1. The maximum absolute atomic E-state index is 9.23. The molecular formula is C39H28N4S. The van der Waals surface area contributed by atoms with Gasteiger partial charge >= 0.3 is 0 Å². The minimum atomic E-state index is 0.0337. The molecule has 0 saturated heterocycles. The second kappa shape index (κ2) is 10.8. The van der Waals surface area contributed by atoms with Gasteiger partial charge in [-0.05, 0) is 70.8 Å². The minimum absolute atomic E-state index is 0.0337. The topological polar surface area (TPSA) is 44.0 Å². The van der Waals surface area contributed by atoms with Crippen LogP contribution < -0.4 is 10.4 Å². The molecule has 6 aromatic carbocycles. The van der Waals surface area contributed by atoms with Crippen molar-refractivity contribution in [2.24, 2.45) is 0 Å². The van der Waals surface area contributed by atoms with Gasteiger partial charge in [0.2, 0.25) is 0 Å². The van der Waals surface area contributed by atoms with E-state index in [-0.39, 0.29) is 6.04 Å². The number of benzene rings is 6. The van der Waals surface area contributed by atoms with E-state index in [1.165, 1.54) is 33.1 Å². The summed E-state index contributed by atoms with van der Waals surface area (Å²) in [6.45, 7) is 0.721. The molecule has 2 heterocycles. The monoisotopic (exact) mass is 584 g/mol. The molecule has 4 nitrogen and oxygen atoms in total. The van der Waals surface area contributed by atoms with Crippen molar-refractivity contribution in [2.75, 3.05) is 5.01 Å². The molecule has 1 unspecified atom stereocenters. The summed E-state index contributed by atoms with van der Waals surface area (Å²) in [5.74, 6) is 0. The maximum atomic E-state index is 9.23. The highest BCUT2D eigenvalue weighted by Crippen LogP contribution is 2.39. The van der Waals surface area contributed by atoms with Gasteiger partial charge in [-0.3, -0.25) is 0 Å². The number of aromatic nitrogens is 1. The van der Waals surface area contributed by atoms with Crippen LogP contribution in [0.5, 0.6) is 0 Å². The van der Waals surface area contributed by atoms with E-state index in [4.69, 9.17) is 12.6 Å². The first-order chi connectivity index (χ1) is 21.7. The zero-order valence-corrected chi connectivity index (χ0v) is 24.7. The third-order valence-corrected chi connectivity index (χ3v) is 8.98. The molecule has 5 heteroatoms. The Morgan fingerprint density at radius 2 is 1.43 bits per heavy atom. The fraction of sp³-hybridized carbons (Fsp3) is 0.0513. The smallest absolute Gasteiger partial charge is 0.0991 e. The zero-order valence-electron chi connectivity index (χ0n) is 23.9. The number of thiol groups is 1. The van der Waals surface area contributed by atoms with E-state index in [2.05, 4.69) is 130 Å². The second-order valence-corrected chi connectivity index (χ2v) is 11.7. The molecule has 0 saturated carbocycles. The van der Waals surface area contributed by atoms with Crippen molar-refractivity contribution < 1.29 is 0 Å². The Kier molecular flexibility index (Phi) is 6.45. The molecule has 210 valence electrons. The fourth-order valence-electron chi connectivity index (χ4n) is 6.47. The van der Waals surface area contributed by atoms with E-state index in [0.717, 1.165) is 39.3 Å². The normalized spacial score (nSPS) is 14.2. The van der Waals surface area contributed by atoms with Crippen LogP contribution in [-0.4, -0.2) is 4.57 Å². The van der Waals surface area contributed by atoms with E-state index in [1.54, 1.807) is 0 Å². The van der Waals surface area contributed by atoms with Crippen molar-refractivity contribution in [1.29, 1.82) is 5.26 Å². The van der Waals surface area contributed by atoms with Crippen molar-refractivity contribution in [3.05, 3.63) is 162 Å². The number of rotatable bonds is 5. The standard InChI is InChI=1S/C39H28N4S/c40-24-26-14-18-29(19-15-26)39-32-11-5-6-12-35(32)42(41-39)25-27-16-20-30(21-17-27)43-36-13-7-4-10-31(36)34-23-38(44)33(22-37(34)43)28-8-2-1-3-9-28/h1-23,39,41,44H,25H2. The number of para-hydroxylation sites is 2. The van der Waals surface area contributed by atoms with Crippen LogP contribution >= 0.6 is 12.6 Å². The van der Waals surface area contributed by atoms with Crippen molar-refractivity contribution in [1.82, 2.24) is 9.99 Å². The van der Waals surface area contributed by atoms with Crippen LogP contribution in [0.4, 0.5) is 5.69 Å². The minimum Gasteiger partial charge on any atom is -0.309 e.